The molecule has 0 amide bonds. The molecule has 0 bridgehead atoms. The van der Waals surface area contributed by atoms with Crippen molar-refractivity contribution in [1.29, 1.82) is 0 Å². The summed E-state index contributed by atoms with van der Waals surface area (Å²) in [6.07, 6.45) is 3.40. The number of aliphatic carboxylic acids is 1. The Balaban J connectivity index is 0. The van der Waals surface area contributed by atoms with Gasteiger partial charge in [0.2, 0.25) is 15.7 Å². The first kappa shape index (κ1) is 21.6. The number of carbonyl (C=O) groups excluding carboxylic acids is 3. The van der Waals surface area contributed by atoms with E-state index in [1.54, 1.807) is 0 Å². The van der Waals surface area contributed by atoms with Gasteiger partial charge in [0.05, 0.1) is 0 Å². The van der Waals surface area contributed by atoms with Crippen molar-refractivity contribution in [3.05, 3.63) is 0 Å². The van der Waals surface area contributed by atoms with E-state index in [0.717, 1.165) is 0 Å². The molecule has 0 aliphatic carbocycles. The SMILES string of the molecule is O=C(Cl)CCCCC(=O)Cl.O=C(O)CCCCC(=O)Cl. The van der Waals surface area contributed by atoms with Crippen LogP contribution in [0.2, 0.25) is 0 Å². The van der Waals surface area contributed by atoms with Crippen LogP contribution in [0.4, 0.5) is 0 Å². The molecule has 0 aliphatic rings. The van der Waals surface area contributed by atoms with Crippen molar-refractivity contribution >= 4 is 56.5 Å². The van der Waals surface area contributed by atoms with Gasteiger partial charge in [0.1, 0.15) is 0 Å². The quantitative estimate of drug-likeness (QED) is 0.483. The van der Waals surface area contributed by atoms with Crippen LogP contribution in [0.15, 0.2) is 0 Å². The molecule has 0 radical (unpaired) electrons. The number of unbranched alkanes of at least 4 members (excludes halogenated alkanes) is 2. The highest BCUT2D eigenvalue weighted by molar-refractivity contribution is 6.64. The van der Waals surface area contributed by atoms with Gasteiger partial charge in [-0.15, -0.1) is 0 Å². The van der Waals surface area contributed by atoms with Crippen molar-refractivity contribution in [2.45, 2.75) is 51.4 Å². The van der Waals surface area contributed by atoms with Crippen LogP contribution in [-0.4, -0.2) is 26.8 Å². The molecule has 0 saturated heterocycles. The summed E-state index contributed by atoms with van der Waals surface area (Å²) in [5.74, 6) is -0.831. The first-order valence-electron chi connectivity index (χ1n) is 6.02. The summed E-state index contributed by atoms with van der Waals surface area (Å²) in [7, 11) is 0. The predicted octanol–water partition coefficient (Wildman–Crippen LogP) is 3.47. The molecular formula is C12H17Cl3O5. The lowest BCUT2D eigenvalue weighted by Crippen LogP contribution is -1.94. The minimum atomic E-state index is -0.831. The zero-order chi connectivity index (χ0) is 16.0. The van der Waals surface area contributed by atoms with Gasteiger partial charge in [-0.05, 0) is 60.5 Å². The number of rotatable bonds is 10. The Labute approximate surface area is 132 Å². The Morgan fingerprint density at radius 2 is 0.850 bits per heavy atom. The van der Waals surface area contributed by atoms with Crippen molar-refractivity contribution in [1.82, 2.24) is 0 Å². The lowest BCUT2D eigenvalue weighted by Gasteiger charge is -1.91. The minimum absolute atomic E-state index is 0.115. The number of halogens is 3. The summed E-state index contributed by atoms with van der Waals surface area (Å²) < 4.78 is 0. The molecule has 0 heterocycles. The number of carboxylic acid groups (broad SMARTS) is 1. The maximum atomic E-state index is 10.1. The van der Waals surface area contributed by atoms with Gasteiger partial charge in [-0.2, -0.15) is 0 Å². The fraction of sp³-hybridized carbons (Fsp3) is 0.667. The molecule has 20 heavy (non-hydrogen) atoms. The number of hydrogen-bond donors (Lipinski definition) is 1. The first-order chi connectivity index (χ1) is 9.25. The van der Waals surface area contributed by atoms with Gasteiger partial charge in [0, 0.05) is 25.7 Å². The van der Waals surface area contributed by atoms with Crippen molar-refractivity contribution in [3.8, 4) is 0 Å². The number of carbonyl (C=O) groups is 4. The van der Waals surface area contributed by atoms with Gasteiger partial charge in [-0.3, -0.25) is 19.2 Å². The van der Waals surface area contributed by atoms with E-state index in [9.17, 15) is 19.2 Å². The van der Waals surface area contributed by atoms with Crippen LogP contribution in [0.25, 0.3) is 0 Å². The van der Waals surface area contributed by atoms with Crippen LogP contribution >= 0.6 is 34.8 Å². The molecule has 0 aliphatic heterocycles. The maximum Gasteiger partial charge on any atom is 0.303 e. The zero-order valence-corrected chi connectivity index (χ0v) is 13.1. The fourth-order valence-electron chi connectivity index (χ4n) is 1.07. The summed E-state index contributed by atoms with van der Waals surface area (Å²) >= 11 is 15.1. The molecule has 0 fully saturated rings. The lowest BCUT2D eigenvalue weighted by molar-refractivity contribution is -0.137. The summed E-state index contributed by atoms with van der Waals surface area (Å²) in [5.41, 5.74) is 0. The summed E-state index contributed by atoms with van der Waals surface area (Å²) in [6, 6.07) is 0. The molecule has 1 N–H and O–H groups in total. The second kappa shape index (κ2) is 14.8. The monoisotopic (exact) mass is 346 g/mol. The van der Waals surface area contributed by atoms with E-state index in [0.29, 0.717) is 38.5 Å². The van der Waals surface area contributed by atoms with E-state index in [1.165, 1.54) is 0 Å². The van der Waals surface area contributed by atoms with Crippen LogP contribution in [0.1, 0.15) is 51.4 Å². The molecule has 0 aromatic carbocycles. The molecule has 0 rings (SSSR count). The number of hydrogen-bond acceptors (Lipinski definition) is 4. The first-order valence-corrected chi connectivity index (χ1v) is 7.16. The molecular weight excluding hydrogens is 330 g/mol. The van der Waals surface area contributed by atoms with Crippen LogP contribution in [0.5, 0.6) is 0 Å². The molecule has 0 spiro atoms. The highest BCUT2D eigenvalue weighted by Gasteiger charge is 1.99. The third-order valence-electron chi connectivity index (χ3n) is 2.01. The Morgan fingerprint density at radius 3 is 1.05 bits per heavy atom. The molecule has 5 nitrogen and oxygen atoms in total. The van der Waals surface area contributed by atoms with E-state index >= 15 is 0 Å². The van der Waals surface area contributed by atoms with Crippen molar-refractivity contribution < 1.29 is 24.3 Å². The second-order valence-electron chi connectivity index (χ2n) is 3.87. The summed E-state index contributed by atoms with van der Waals surface area (Å²) in [5, 5.41) is 7.04. The normalized spacial score (nSPS) is 9.35. The van der Waals surface area contributed by atoms with E-state index < -0.39 is 11.2 Å². The lowest BCUT2D eigenvalue weighted by atomic mass is 10.2. The molecule has 0 aromatic rings. The standard InChI is InChI=1S/C6H8Cl2O2.C6H9ClO3/c7-5(9)3-1-2-4-6(8)10;7-5(8)3-1-2-4-6(9)10/h1-4H2;1-4H2,(H,9,10). The van der Waals surface area contributed by atoms with Crippen LogP contribution in [-0.2, 0) is 19.2 Å². The zero-order valence-electron chi connectivity index (χ0n) is 10.9. The van der Waals surface area contributed by atoms with Crippen molar-refractivity contribution in [2.75, 3.05) is 0 Å². The van der Waals surface area contributed by atoms with E-state index in [2.05, 4.69) is 0 Å². The second-order valence-corrected chi connectivity index (χ2v) is 5.14. The highest BCUT2D eigenvalue weighted by Crippen LogP contribution is 2.04. The van der Waals surface area contributed by atoms with E-state index in [-0.39, 0.29) is 23.3 Å². The van der Waals surface area contributed by atoms with Crippen molar-refractivity contribution in [3.63, 3.8) is 0 Å². The average molecular weight is 348 g/mol. The third-order valence-corrected chi connectivity index (χ3v) is 2.58. The number of carboxylic acids is 1. The Morgan fingerprint density at radius 1 is 0.600 bits per heavy atom. The molecule has 0 aromatic heterocycles. The molecule has 0 unspecified atom stereocenters. The van der Waals surface area contributed by atoms with Gasteiger partial charge in [-0.1, -0.05) is 0 Å². The molecule has 0 atom stereocenters. The Bertz CT molecular complexity index is 267. The molecule has 0 saturated carbocycles. The van der Waals surface area contributed by atoms with Crippen LogP contribution in [0, 0.1) is 0 Å². The van der Waals surface area contributed by atoms with Crippen LogP contribution in [0.3, 0.4) is 0 Å². The van der Waals surface area contributed by atoms with Gasteiger partial charge in [0.15, 0.2) is 0 Å². The van der Waals surface area contributed by atoms with Gasteiger partial charge in [-0.25, -0.2) is 0 Å². The highest BCUT2D eigenvalue weighted by atomic mass is 35.5. The largest absolute Gasteiger partial charge is 0.481 e. The third kappa shape index (κ3) is 26.0. The van der Waals surface area contributed by atoms with E-state index in [1.807, 2.05) is 0 Å². The smallest absolute Gasteiger partial charge is 0.303 e. The van der Waals surface area contributed by atoms with Gasteiger partial charge < -0.3 is 5.11 Å². The Hall–Kier alpha value is -0.650. The summed E-state index contributed by atoms with van der Waals surface area (Å²) in [6.45, 7) is 0. The van der Waals surface area contributed by atoms with Gasteiger partial charge >= 0.3 is 5.97 Å². The predicted molar refractivity (Wildman–Crippen MR) is 77.2 cm³/mol. The molecule has 8 heteroatoms. The average Bonchev–Trinajstić information content (AvgIpc) is 2.30. The molecule has 116 valence electrons. The minimum Gasteiger partial charge on any atom is -0.481 e. The van der Waals surface area contributed by atoms with Crippen LogP contribution < -0.4 is 0 Å². The fourth-order valence-corrected chi connectivity index (χ4v) is 1.47. The topological polar surface area (TPSA) is 88.5 Å². The summed E-state index contributed by atoms with van der Waals surface area (Å²) in [4.78, 5) is 40.3. The Kier molecular flexibility index (Phi) is 16.0. The van der Waals surface area contributed by atoms with Crippen molar-refractivity contribution in [2.24, 2.45) is 0 Å². The van der Waals surface area contributed by atoms with Gasteiger partial charge in [0.25, 0.3) is 0 Å². The maximum absolute atomic E-state index is 10.1. The van der Waals surface area contributed by atoms with E-state index in [4.69, 9.17) is 39.9 Å².